The Hall–Kier alpha value is -0.180. The number of hydrogen-bond donors (Lipinski definition) is 2. The SMILES string of the molecule is O=S1(=O)CCC(S(=O)(=O)NCC2(O)CCCC2)CC1. The van der Waals surface area contributed by atoms with Crippen LogP contribution in [0.5, 0.6) is 0 Å². The van der Waals surface area contributed by atoms with Crippen LogP contribution in [-0.2, 0) is 19.9 Å². The summed E-state index contributed by atoms with van der Waals surface area (Å²) in [6.45, 7) is 0.0403. The summed E-state index contributed by atoms with van der Waals surface area (Å²) in [4.78, 5) is 0. The lowest BCUT2D eigenvalue weighted by Crippen LogP contribution is -2.46. The summed E-state index contributed by atoms with van der Waals surface area (Å²) in [7, 11) is -6.59. The van der Waals surface area contributed by atoms with Gasteiger partial charge in [0, 0.05) is 6.54 Å². The van der Waals surface area contributed by atoms with Gasteiger partial charge in [0.1, 0.15) is 9.84 Å². The maximum atomic E-state index is 12.1. The predicted molar refractivity (Wildman–Crippen MR) is 72.0 cm³/mol. The Morgan fingerprint density at radius 2 is 1.68 bits per heavy atom. The Balaban J connectivity index is 1.92. The summed E-state index contributed by atoms with van der Waals surface area (Å²) in [5.41, 5.74) is -0.923. The van der Waals surface area contributed by atoms with Crippen LogP contribution in [0.25, 0.3) is 0 Å². The van der Waals surface area contributed by atoms with E-state index in [4.69, 9.17) is 0 Å². The molecule has 6 nitrogen and oxygen atoms in total. The van der Waals surface area contributed by atoms with Gasteiger partial charge < -0.3 is 5.11 Å². The second kappa shape index (κ2) is 5.31. The lowest BCUT2D eigenvalue weighted by Gasteiger charge is -2.26. The van der Waals surface area contributed by atoms with E-state index in [1.54, 1.807) is 0 Å². The predicted octanol–water partition coefficient (Wildman–Crippen LogP) is -0.212. The minimum atomic E-state index is -3.53. The van der Waals surface area contributed by atoms with E-state index in [9.17, 15) is 21.9 Å². The Morgan fingerprint density at radius 3 is 2.21 bits per heavy atom. The molecule has 0 atom stereocenters. The van der Waals surface area contributed by atoms with E-state index in [-0.39, 0.29) is 30.9 Å². The summed E-state index contributed by atoms with van der Waals surface area (Å²) < 4.78 is 49.2. The van der Waals surface area contributed by atoms with Gasteiger partial charge in [-0.25, -0.2) is 21.6 Å². The molecule has 1 saturated carbocycles. The van der Waals surface area contributed by atoms with Gasteiger partial charge in [-0.05, 0) is 25.7 Å². The standard InChI is InChI=1S/C11H21NO5S2/c13-11(5-1-2-6-11)9-12-19(16,17)10-3-7-18(14,15)8-4-10/h10,12-13H,1-9H2. The zero-order valence-corrected chi connectivity index (χ0v) is 12.5. The third-order valence-electron chi connectivity index (χ3n) is 4.08. The van der Waals surface area contributed by atoms with Gasteiger partial charge in [-0.2, -0.15) is 0 Å². The van der Waals surface area contributed by atoms with E-state index in [1.165, 1.54) is 0 Å². The first kappa shape index (κ1) is 15.2. The molecule has 1 aliphatic carbocycles. The van der Waals surface area contributed by atoms with Crippen molar-refractivity contribution < 1.29 is 21.9 Å². The van der Waals surface area contributed by atoms with Gasteiger partial charge in [0.25, 0.3) is 0 Å². The topological polar surface area (TPSA) is 101 Å². The van der Waals surface area contributed by atoms with Crippen molar-refractivity contribution >= 4 is 19.9 Å². The van der Waals surface area contributed by atoms with Gasteiger partial charge >= 0.3 is 0 Å². The maximum absolute atomic E-state index is 12.1. The molecule has 1 saturated heterocycles. The molecule has 2 N–H and O–H groups in total. The van der Waals surface area contributed by atoms with E-state index in [2.05, 4.69) is 4.72 Å². The van der Waals surface area contributed by atoms with E-state index >= 15 is 0 Å². The lowest BCUT2D eigenvalue weighted by atomic mass is 10.0. The highest BCUT2D eigenvalue weighted by molar-refractivity contribution is 7.92. The molecule has 1 heterocycles. The zero-order valence-electron chi connectivity index (χ0n) is 10.8. The Morgan fingerprint density at radius 1 is 1.16 bits per heavy atom. The van der Waals surface area contributed by atoms with Crippen molar-refractivity contribution in [3.8, 4) is 0 Å². The fraction of sp³-hybridized carbons (Fsp3) is 1.00. The normalized spacial score (nSPS) is 27.4. The third kappa shape index (κ3) is 3.90. The summed E-state index contributed by atoms with van der Waals surface area (Å²) in [6, 6.07) is 0. The second-order valence-electron chi connectivity index (χ2n) is 5.65. The van der Waals surface area contributed by atoms with Gasteiger partial charge in [-0.15, -0.1) is 0 Å². The lowest BCUT2D eigenvalue weighted by molar-refractivity contribution is 0.0531. The van der Waals surface area contributed by atoms with Crippen molar-refractivity contribution in [3.05, 3.63) is 0 Å². The minimum absolute atomic E-state index is 0.0403. The Kier molecular flexibility index (Phi) is 4.25. The van der Waals surface area contributed by atoms with Gasteiger partial charge in [0.15, 0.2) is 0 Å². The average molecular weight is 311 g/mol. The molecular formula is C11H21NO5S2. The van der Waals surface area contributed by atoms with E-state index < -0.39 is 30.7 Å². The molecule has 2 aliphatic rings. The van der Waals surface area contributed by atoms with Gasteiger partial charge in [-0.3, -0.25) is 0 Å². The molecule has 0 aromatic carbocycles. The first-order chi connectivity index (χ1) is 8.73. The molecule has 1 aliphatic heterocycles. The number of rotatable bonds is 4. The Bertz CT molecular complexity index is 505. The fourth-order valence-corrected chi connectivity index (χ4v) is 6.09. The van der Waals surface area contributed by atoms with Crippen LogP contribution < -0.4 is 4.72 Å². The maximum Gasteiger partial charge on any atom is 0.214 e. The van der Waals surface area contributed by atoms with E-state index in [1.807, 2.05) is 0 Å². The molecule has 0 bridgehead atoms. The number of nitrogens with one attached hydrogen (secondary N) is 1. The monoisotopic (exact) mass is 311 g/mol. The van der Waals surface area contributed by atoms with Crippen molar-refractivity contribution in [2.75, 3.05) is 18.1 Å². The van der Waals surface area contributed by atoms with Crippen molar-refractivity contribution in [2.24, 2.45) is 0 Å². The van der Waals surface area contributed by atoms with Crippen LogP contribution in [-0.4, -0.2) is 50.8 Å². The van der Waals surface area contributed by atoms with Crippen molar-refractivity contribution in [3.63, 3.8) is 0 Å². The molecule has 0 radical (unpaired) electrons. The second-order valence-corrected chi connectivity index (χ2v) is 10.00. The van der Waals surface area contributed by atoms with Crippen LogP contribution in [0.1, 0.15) is 38.5 Å². The number of aliphatic hydroxyl groups is 1. The molecule has 2 rings (SSSR count). The summed E-state index contributed by atoms with van der Waals surface area (Å²) in [6.07, 6.45) is 3.37. The number of sulfone groups is 1. The quantitative estimate of drug-likeness (QED) is 0.748. The number of hydrogen-bond acceptors (Lipinski definition) is 5. The third-order valence-corrected chi connectivity index (χ3v) is 7.69. The van der Waals surface area contributed by atoms with E-state index in [0.29, 0.717) is 12.8 Å². The molecule has 8 heteroatoms. The highest BCUT2D eigenvalue weighted by atomic mass is 32.2. The van der Waals surface area contributed by atoms with Crippen LogP contribution in [0.2, 0.25) is 0 Å². The first-order valence-electron chi connectivity index (χ1n) is 6.64. The van der Waals surface area contributed by atoms with E-state index in [0.717, 1.165) is 12.8 Å². The molecular weight excluding hydrogens is 290 g/mol. The zero-order chi connectivity index (χ0) is 14.1. The molecule has 0 spiro atoms. The molecule has 0 unspecified atom stereocenters. The van der Waals surface area contributed by atoms with Gasteiger partial charge in [0.05, 0.1) is 22.4 Å². The van der Waals surface area contributed by atoms with Crippen molar-refractivity contribution in [1.29, 1.82) is 0 Å². The smallest absolute Gasteiger partial charge is 0.214 e. The molecule has 19 heavy (non-hydrogen) atoms. The number of sulfonamides is 1. The van der Waals surface area contributed by atoms with Gasteiger partial charge in [0.2, 0.25) is 10.0 Å². The average Bonchev–Trinajstić information content (AvgIpc) is 2.74. The largest absolute Gasteiger partial charge is 0.389 e. The minimum Gasteiger partial charge on any atom is -0.389 e. The van der Waals surface area contributed by atoms with Gasteiger partial charge in [-0.1, -0.05) is 12.8 Å². The Labute approximate surface area is 114 Å². The van der Waals surface area contributed by atoms with Crippen LogP contribution in [0.4, 0.5) is 0 Å². The summed E-state index contributed by atoms with van der Waals surface area (Å²) >= 11 is 0. The molecule has 112 valence electrons. The van der Waals surface area contributed by atoms with Crippen LogP contribution in [0, 0.1) is 0 Å². The fourth-order valence-electron chi connectivity index (χ4n) is 2.74. The van der Waals surface area contributed by atoms with Crippen LogP contribution in [0.3, 0.4) is 0 Å². The van der Waals surface area contributed by atoms with Crippen LogP contribution >= 0.6 is 0 Å². The highest BCUT2D eigenvalue weighted by Crippen LogP contribution is 2.29. The van der Waals surface area contributed by atoms with Crippen molar-refractivity contribution in [1.82, 2.24) is 4.72 Å². The van der Waals surface area contributed by atoms with Crippen LogP contribution in [0.15, 0.2) is 0 Å². The van der Waals surface area contributed by atoms with Crippen molar-refractivity contribution in [2.45, 2.75) is 49.4 Å². The molecule has 0 aromatic rings. The molecule has 2 fully saturated rings. The summed E-state index contributed by atoms with van der Waals surface area (Å²) in [5.74, 6) is -0.133. The first-order valence-corrected chi connectivity index (χ1v) is 10.0. The molecule has 0 aromatic heterocycles. The highest BCUT2D eigenvalue weighted by Gasteiger charge is 2.36. The molecule has 0 amide bonds. The summed E-state index contributed by atoms with van der Waals surface area (Å²) in [5, 5.41) is 9.46.